The molecule has 30 heavy (non-hydrogen) atoms. The van der Waals surface area contributed by atoms with Gasteiger partial charge in [-0.1, -0.05) is 37.3 Å². The molecule has 1 aliphatic rings. The van der Waals surface area contributed by atoms with Gasteiger partial charge < -0.3 is 9.64 Å². The summed E-state index contributed by atoms with van der Waals surface area (Å²) in [6, 6.07) is 2.02. The van der Waals surface area contributed by atoms with Crippen LogP contribution in [0.3, 0.4) is 0 Å². The molecule has 1 aromatic heterocycles. The molecule has 1 fully saturated rings. The topological polar surface area (TPSA) is 78.6 Å². The van der Waals surface area contributed by atoms with E-state index in [9.17, 15) is 14.9 Å². The van der Waals surface area contributed by atoms with Gasteiger partial charge in [-0.2, -0.15) is 5.26 Å². The van der Waals surface area contributed by atoms with Crippen molar-refractivity contribution in [2.45, 2.75) is 33.1 Å². The summed E-state index contributed by atoms with van der Waals surface area (Å²) in [7, 11) is 5.20. The number of amides is 1. The normalized spacial score (nSPS) is 15.2. The number of unbranched alkanes of at least 4 members (excludes halogenated alkanes) is 1. The number of ether oxygens (including phenoxy) is 1. The molecular weight excluding hydrogens is 420 g/mol. The number of hydrogen-bond donors (Lipinski definition) is 0. The van der Waals surface area contributed by atoms with Crippen LogP contribution in [0.2, 0.25) is 0 Å². The predicted octanol–water partition coefficient (Wildman–Crippen LogP) is 3.04. The van der Waals surface area contributed by atoms with Gasteiger partial charge in [0.25, 0.3) is 11.5 Å². The zero-order chi connectivity index (χ0) is 22.4. The number of pyridine rings is 1. The monoisotopic (exact) mass is 448 g/mol. The van der Waals surface area contributed by atoms with Crippen molar-refractivity contribution in [2.75, 3.05) is 38.8 Å². The van der Waals surface area contributed by atoms with Gasteiger partial charge >= 0.3 is 0 Å². The fourth-order valence-electron chi connectivity index (χ4n) is 3.37. The fraction of sp³-hybridized carbons (Fsp3) is 0.524. The van der Waals surface area contributed by atoms with Crippen molar-refractivity contribution in [2.24, 2.45) is 7.05 Å². The number of methoxy groups -OCH3 is 1. The molecule has 0 saturated carbocycles. The van der Waals surface area contributed by atoms with E-state index >= 15 is 0 Å². The third kappa shape index (κ3) is 4.94. The van der Waals surface area contributed by atoms with E-state index in [-0.39, 0.29) is 17.0 Å². The first-order valence-electron chi connectivity index (χ1n) is 9.87. The van der Waals surface area contributed by atoms with Crippen molar-refractivity contribution < 1.29 is 9.53 Å². The van der Waals surface area contributed by atoms with Crippen LogP contribution in [0.15, 0.2) is 9.70 Å². The molecule has 2 heterocycles. The summed E-state index contributed by atoms with van der Waals surface area (Å²) < 4.78 is 7.06. The molecule has 0 atom stereocenters. The molecule has 0 bridgehead atoms. The maximum Gasteiger partial charge on any atom is 0.270 e. The van der Waals surface area contributed by atoms with Crippen molar-refractivity contribution in [1.82, 2.24) is 9.47 Å². The van der Waals surface area contributed by atoms with E-state index in [1.54, 1.807) is 32.1 Å². The summed E-state index contributed by atoms with van der Waals surface area (Å²) in [5.74, 6) is 0.532. The predicted molar refractivity (Wildman–Crippen MR) is 126 cm³/mol. The smallest absolute Gasteiger partial charge is 0.270 e. The van der Waals surface area contributed by atoms with Crippen LogP contribution in [-0.4, -0.2) is 53.5 Å². The molecule has 1 saturated heterocycles. The first-order valence-corrected chi connectivity index (χ1v) is 11.1. The van der Waals surface area contributed by atoms with Crippen LogP contribution < -0.4 is 10.5 Å². The van der Waals surface area contributed by atoms with E-state index in [0.717, 1.165) is 19.4 Å². The quantitative estimate of drug-likeness (QED) is 0.326. The molecule has 0 aliphatic carbocycles. The molecule has 0 radical (unpaired) electrons. The fourth-order valence-corrected chi connectivity index (χ4v) is 4.66. The van der Waals surface area contributed by atoms with E-state index < -0.39 is 0 Å². The standard InChI is InChI=1S/C21H28N4O3S2/c1-6-7-9-23(3)18-15(14(2)16(13-22)19(26)24(18)4)12-17-20(27)25(21(29)30-17)10-8-11-28-5/h12H,6-11H2,1-5H3/b17-12-. The lowest BCUT2D eigenvalue weighted by molar-refractivity contribution is -0.122. The second-order valence-electron chi connectivity index (χ2n) is 7.17. The highest BCUT2D eigenvalue weighted by Gasteiger charge is 2.32. The summed E-state index contributed by atoms with van der Waals surface area (Å²) in [6.45, 7) is 5.66. The Kier molecular flexibility index (Phi) is 8.65. The minimum atomic E-state index is -0.336. The molecule has 0 spiro atoms. The molecular formula is C21H28N4O3S2. The van der Waals surface area contributed by atoms with Gasteiger partial charge in [-0.05, 0) is 31.4 Å². The van der Waals surface area contributed by atoms with Crippen molar-refractivity contribution >= 4 is 46.1 Å². The van der Waals surface area contributed by atoms with Gasteiger partial charge in [0.15, 0.2) is 0 Å². The van der Waals surface area contributed by atoms with Crippen LogP contribution in [0, 0.1) is 18.3 Å². The molecule has 1 amide bonds. The maximum atomic E-state index is 12.9. The van der Waals surface area contributed by atoms with Crippen molar-refractivity contribution in [1.29, 1.82) is 5.26 Å². The molecule has 2 rings (SSSR count). The van der Waals surface area contributed by atoms with E-state index in [4.69, 9.17) is 17.0 Å². The lowest BCUT2D eigenvalue weighted by atomic mass is 10.0. The Balaban J connectivity index is 2.56. The Morgan fingerprint density at radius 2 is 2.03 bits per heavy atom. The second-order valence-corrected chi connectivity index (χ2v) is 8.84. The summed E-state index contributed by atoms with van der Waals surface area (Å²) in [5.41, 5.74) is 1.03. The number of nitriles is 1. The highest BCUT2D eigenvalue weighted by molar-refractivity contribution is 8.26. The van der Waals surface area contributed by atoms with Crippen LogP contribution in [-0.2, 0) is 16.6 Å². The molecule has 0 unspecified atom stereocenters. The Hall–Kier alpha value is -2.15. The van der Waals surface area contributed by atoms with Gasteiger partial charge in [0, 0.05) is 46.5 Å². The van der Waals surface area contributed by atoms with E-state index in [1.165, 1.54) is 16.3 Å². The number of hydrogen-bond acceptors (Lipinski definition) is 7. The first kappa shape index (κ1) is 24.1. The number of thioether (sulfide) groups is 1. The Bertz CT molecular complexity index is 962. The first-order chi connectivity index (χ1) is 14.3. The van der Waals surface area contributed by atoms with Crippen molar-refractivity contribution in [3.8, 4) is 6.07 Å². The Labute approximate surface area is 187 Å². The highest BCUT2D eigenvalue weighted by Crippen LogP contribution is 2.35. The summed E-state index contributed by atoms with van der Waals surface area (Å²) in [4.78, 5) is 29.7. The maximum absolute atomic E-state index is 12.9. The zero-order valence-corrected chi connectivity index (χ0v) is 19.8. The van der Waals surface area contributed by atoms with Gasteiger partial charge in [-0.25, -0.2) is 0 Å². The minimum Gasteiger partial charge on any atom is -0.385 e. The second kappa shape index (κ2) is 10.8. The molecule has 162 valence electrons. The minimum absolute atomic E-state index is 0.0898. The van der Waals surface area contributed by atoms with Crippen LogP contribution in [0.25, 0.3) is 6.08 Å². The van der Waals surface area contributed by atoms with Crippen molar-refractivity contribution in [3.63, 3.8) is 0 Å². The van der Waals surface area contributed by atoms with Gasteiger partial charge in [-0.15, -0.1) is 0 Å². The third-order valence-corrected chi connectivity index (χ3v) is 6.43. The number of thiocarbonyl (C=S) groups is 1. The summed E-state index contributed by atoms with van der Waals surface area (Å²) >= 11 is 6.64. The number of carbonyl (C=O) groups excluding carboxylic acids is 1. The van der Waals surface area contributed by atoms with E-state index in [0.29, 0.717) is 45.7 Å². The van der Waals surface area contributed by atoms with Gasteiger partial charge in [-0.3, -0.25) is 19.1 Å². The van der Waals surface area contributed by atoms with Crippen LogP contribution in [0.4, 0.5) is 5.82 Å². The number of aromatic nitrogens is 1. The Morgan fingerprint density at radius 1 is 1.33 bits per heavy atom. The molecule has 9 heteroatoms. The van der Waals surface area contributed by atoms with Crippen LogP contribution >= 0.6 is 24.0 Å². The average molecular weight is 449 g/mol. The molecule has 1 aliphatic heterocycles. The number of carbonyl (C=O) groups is 1. The van der Waals surface area contributed by atoms with E-state index in [2.05, 4.69) is 6.92 Å². The van der Waals surface area contributed by atoms with Crippen molar-refractivity contribution in [3.05, 3.63) is 31.9 Å². The number of anilines is 1. The molecule has 7 nitrogen and oxygen atoms in total. The zero-order valence-electron chi connectivity index (χ0n) is 18.2. The Morgan fingerprint density at radius 3 is 2.63 bits per heavy atom. The van der Waals surface area contributed by atoms with Gasteiger partial charge in [0.1, 0.15) is 21.8 Å². The molecule has 0 N–H and O–H groups in total. The number of rotatable bonds is 9. The van der Waals surface area contributed by atoms with Gasteiger partial charge in [0.05, 0.1) is 4.91 Å². The summed E-state index contributed by atoms with van der Waals surface area (Å²) in [5, 5.41) is 9.53. The largest absolute Gasteiger partial charge is 0.385 e. The van der Waals surface area contributed by atoms with Crippen LogP contribution in [0.1, 0.15) is 42.9 Å². The van der Waals surface area contributed by atoms with Crippen LogP contribution in [0.5, 0.6) is 0 Å². The lowest BCUT2D eigenvalue weighted by Gasteiger charge is -2.25. The summed E-state index contributed by atoms with van der Waals surface area (Å²) in [6.07, 6.45) is 4.44. The molecule has 0 aromatic carbocycles. The van der Waals surface area contributed by atoms with E-state index in [1.807, 2.05) is 18.0 Å². The number of nitrogens with zero attached hydrogens (tertiary/aromatic N) is 4. The third-order valence-electron chi connectivity index (χ3n) is 5.06. The SMILES string of the molecule is CCCCN(C)c1c(/C=C2\SC(=S)N(CCCOC)C2=O)c(C)c(C#N)c(=O)n1C. The highest BCUT2D eigenvalue weighted by atomic mass is 32.2. The average Bonchev–Trinajstić information content (AvgIpc) is 2.98. The molecule has 1 aromatic rings. The lowest BCUT2D eigenvalue weighted by Crippen LogP contribution is -2.31. The van der Waals surface area contributed by atoms with Gasteiger partial charge in [0.2, 0.25) is 0 Å².